The average Bonchev–Trinajstić information content (AvgIpc) is 2.49. The molecule has 0 saturated heterocycles. The van der Waals surface area contributed by atoms with Gasteiger partial charge >= 0.3 is 0 Å². The van der Waals surface area contributed by atoms with Crippen molar-refractivity contribution in [2.75, 3.05) is 11.1 Å². The Labute approximate surface area is 134 Å². The zero-order valence-electron chi connectivity index (χ0n) is 12.8. The van der Waals surface area contributed by atoms with Crippen LogP contribution >= 0.6 is 11.8 Å². The lowest BCUT2D eigenvalue weighted by Crippen LogP contribution is -2.16. The lowest BCUT2D eigenvalue weighted by Gasteiger charge is -2.12. The van der Waals surface area contributed by atoms with Crippen LogP contribution in [0.1, 0.15) is 22.3 Å². The molecule has 0 aliphatic heterocycles. The summed E-state index contributed by atoms with van der Waals surface area (Å²) in [5, 5.41) is 12.5. The summed E-state index contributed by atoms with van der Waals surface area (Å²) in [5.41, 5.74) is 4.62. The van der Waals surface area contributed by atoms with Gasteiger partial charge in [-0.3, -0.25) is 4.79 Å². The summed E-state index contributed by atoms with van der Waals surface area (Å²) in [6, 6.07) is 9.57. The Morgan fingerprint density at radius 1 is 1.32 bits per heavy atom. The molecule has 2 aromatic rings. The third-order valence-electron chi connectivity index (χ3n) is 3.17. The largest absolute Gasteiger partial charge is 0.325 e. The number of thioether (sulfide) groups is 1. The molecule has 4 nitrogen and oxygen atoms in total. The normalized spacial score (nSPS) is 10.1. The van der Waals surface area contributed by atoms with Gasteiger partial charge in [-0.05, 0) is 44.0 Å². The fraction of sp³-hybridized carbons (Fsp3) is 0.235. The molecule has 0 saturated carbocycles. The van der Waals surface area contributed by atoms with E-state index in [9.17, 15) is 4.79 Å². The molecule has 1 heterocycles. The summed E-state index contributed by atoms with van der Waals surface area (Å²) >= 11 is 1.27. The van der Waals surface area contributed by atoms with Gasteiger partial charge in [-0.25, -0.2) is 4.98 Å². The first-order valence-corrected chi connectivity index (χ1v) is 7.85. The van der Waals surface area contributed by atoms with E-state index in [0.717, 1.165) is 16.8 Å². The first kappa shape index (κ1) is 16.1. The second kappa shape index (κ2) is 7.10. The van der Waals surface area contributed by atoms with Crippen molar-refractivity contribution < 1.29 is 4.79 Å². The molecular formula is C17H17N3OS. The number of hydrogen-bond acceptors (Lipinski definition) is 4. The summed E-state index contributed by atoms with van der Waals surface area (Å²) in [6.45, 7) is 6.00. The maximum absolute atomic E-state index is 12.1. The fourth-order valence-electron chi connectivity index (χ4n) is 2.28. The summed E-state index contributed by atoms with van der Waals surface area (Å²) < 4.78 is 0. The lowest BCUT2D eigenvalue weighted by molar-refractivity contribution is -0.113. The van der Waals surface area contributed by atoms with Crippen LogP contribution in [-0.2, 0) is 4.79 Å². The van der Waals surface area contributed by atoms with Crippen molar-refractivity contribution >= 4 is 23.4 Å². The number of benzene rings is 1. The summed E-state index contributed by atoms with van der Waals surface area (Å²) in [4.78, 5) is 16.3. The number of pyridine rings is 1. The Balaban J connectivity index is 2.04. The van der Waals surface area contributed by atoms with Crippen molar-refractivity contribution in [3.63, 3.8) is 0 Å². The van der Waals surface area contributed by atoms with E-state index >= 15 is 0 Å². The molecule has 1 N–H and O–H groups in total. The van der Waals surface area contributed by atoms with Gasteiger partial charge in [-0.1, -0.05) is 29.5 Å². The topological polar surface area (TPSA) is 65.8 Å². The van der Waals surface area contributed by atoms with Crippen molar-refractivity contribution in [3.05, 3.63) is 52.7 Å². The molecule has 0 radical (unpaired) electrons. The summed E-state index contributed by atoms with van der Waals surface area (Å²) in [6.07, 6.45) is 1.62. The molecule has 0 bridgehead atoms. The number of nitrogens with zero attached hydrogens (tertiary/aromatic N) is 2. The first-order valence-electron chi connectivity index (χ1n) is 6.87. The second-order valence-electron chi connectivity index (χ2n) is 5.08. The molecule has 5 heteroatoms. The molecule has 0 unspecified atom stereocenters. The third-order valence-corrected chi connectivity index (χ3v) is 4.18. The second-order valence-corrected chi connectivity index (χ2v) is 6.04. The van der Waals surface area contributed by atoms with Crippen molar-refractivity contribution in [3.8, 4) is 6.07 Å². The molecule has 0 fully saturated rings. The van der Waals surface area contributed by atoms with Crippen LogP contribution in [0.3, 0.4) is 0 Å². The van der Waals surface area contributed by atoms with Crippen LogP contribution in [0.15, 0.2) is 35.5 Å². The smallest absolute Gasteiger partial charge is 0.234 e. The Morgan fingerprint density at radius 3 is 2.64 bits per heavy atom. The quantitative estimate of drug-likeness (QED) is 0.876. The van der Waals surface area contributed by atoms with E-state index in [-0.39, 0.29) is 11.7 Å². The molecule has 1 amide bonds. The number of rotatable bonds is 4. The fourth-order valence-corrected chi connectivity index (χ4v) is 3.02. The van der Waals surface area contributed by atoms with Crippen LogP contribution in [0, 0.1) is 32.1 Å². The van der Waals surface area contributed by atoms with Gasteiger partial charge in [0.1, 0.15) is 11.1 Å². The van der Waals surface area contributed by atoms with E-state index in [1.807, 2.05) is 32.9 Å². The predicted octanol–water partition coefficient (Wildman–Crippen LogP) is 3.61. The van der Waals surface area contributed by atoms with Crippen LogP contribution < -0.4 is 5.32 Å². The maximum atomic E-state index is 12.1. The molecule has 0 spiro atoms. The SMILES string of the molecule is Cc1cc(C)c(NC(=O)CSc2ncccc2C#N)c(C)c1. The van der Waals surface area contributed by atoms with Gasteiger partial charge in [0.05, 0.1) is 11.3 Å². The van der Waals surface area contributed by atoms with Gasteiger partial charge in [0.15, 0.2) is 0 Å². The molecule has 112 valence electrons. The van der Waals surface area contributed by atoms with E-state index in [1.54, 1.807) is 18.3 Å². The van der Waals surface area contributed by atoms with Crippen LogP contribution in [-0.4, -0.2) is 16.6 Å². The number of carbonyl (C=O) groups excluding carboxylic acids is 1. The van der Waals surface area contributed by atoms with Crippen molar-refractivity contribution in [1.29, 1.82) is 5.26 Å². The van der Waals surface area contributed by atoms with E-state index in [4.69, 9.17) is 5.26 Å². The zero-order chi connectivity index (χ0) is 16.1. The predicted molar refractivity (Wildman–Crippen MR) is 89.0 cm³/mol. The van der Waals surface area contributed by atoms with Crippen LogP contribution in [0.4, 0.5) is 5.69 Å². The Kier molecular flexibility index (Phi) is 5.18. The number of carbonyl (C=O) groups is 1. The highest BCUT2D eigenvalue weighted by molar-refractivity contribution is 8.00. The molecular weight excluding hydrogens is 294 g/mol. The lowest BCUT2D eigenvalue weighted by atomic mass is 10.1. The van der Waals surface area contributed by atoms with E-state index in [2.05, 4.69) is 16.4 Å². The minimum Gasteiger partial charge on any atom is -0.325 e. The maximum Gasteiger partial charge on any atom is 0.234 e. The van der Waals surface area contributed by atoms with Crippen LogP contribution in [0.5, 0.6) is 0 Å². The molecule has 1 aromatic carbocycles. The standard InChI is InChI=1S/C17H17N3OS/c1-11-7-12(2)16(13(3)8-11)20-15(21)10-22-17-14(9-18)5-4-6-19-17/h4-8H,10H2,1-3H3,(H,20,21). The summed E-state index contributed by atoms with van der Waals surface area (Å²) in [5.74, 6) is 0.118. The van der Waals surface area contributed by atoms with Gasteiger partial charge in [0.25, 0.3) is 0 Å². The Morgan fingerprint density at radius 2 is 2.00 bits per heavy atom. The van der Waals surface area contributed by atoms with Gasteiger partial charge in [-0.15, -0.1) is 0 Å². The number of aryl methyl sites for hydroxylation is 3. The molecule has 0 atom stereocenters. The van der Waals surface area contributed by atoms with Crippen molar-refractivity contribution in [2.24, 2.45) is 0 Å². The first-order chi connectivity index (χ1) is 10.5. The van der Waals surface area contributed by atoms with Crippen molar-refractivity contribution in [1.82, 2.24) is 4.98 Å². The molecule has 2 rings (SSSR count). The van der Waals surface area contributed by atoms with E-state index < -0.39 is 0 Å². The van der Waals surface area contributed by atoms with Crippen molar-refractivity contribution in [2.45, 2.75) is 25.8 Å². The molecule has 0 aliphatic rings. The molecule has 22 heavy (non-hydrogen) atoms. The van der Waals surface area contributed by atoms with Crippen LogP contribution in [0.25, 0.3) is 0 Å². The van der Waals surface area contributed by atoms with Gasteiger partial charge in [-0.2, -0.15) is 5.26 Å². The van der Waals surface area contributed by atoms with E-state index in [0.29, 0.717) is 10.6 Å². The minimum absolute atomic E-state index is 0.102. The number of amides is 1. The van der Waals surface area contributed by atoms with E-state index in [1.165, 1.54) is 17.3 Å². The molecule has 1 aromatic heterocycles. The third kappa shape index (κ3) is 3.86. The molecule has 0 aliphatic carbocycles. The highest BCUT2D eigenvalue weighted by Gasteiger charge is 2.10. The zero-order valence-corrected chi connectivity index (χ0v) is 13.6. The summed E-state index contributed by atoms with van der Waals surface area (Å²) in [7, 11) is 0. The monoisotopic (exact) mass is 311 g/mol. The van der Waals surface area contributed by atoms with Gasteiger partial charge < -0.3 is 5.32 Å². The number of hydrogen-bond donors (Lipinski definition) is 1. The Bertz CT molecular complexity index is 727. The number of aromatic nitrogens is 1. The van der Waals surface area contributed by atoms with Gasteiger partial charge in [0, 0.05) is 11.9 Å². The number of nitriles is 1. The highest BCUT2D eigenvalue weighted by atomic mass is 32.2. The number of anilines is 1. The average molecular weight is 311 g/mol. The van der Waals surface area contributed by atoms with Gasteiger partial charge in [0.2, 0.25) is 5.91 Å². The number of nitrogens with one attached hydrogen (secondary N) is 1. The Hall–Kier alpha value is -2.32. The minimum atomic E-state index is -0.102. The van der Waals surface area contributed by atoms with Crippen LogP contribution in [0.2, 0.25) is 0 Å². The highest BCUT2D eigenvalue weighted by Crippen LogP contribution is 2.23.